The summed E-state index contributed by atoms with van der Waals surface area (Å²) in [5.41, 5.74) is 3.46. The van der Waals surface area contributed by atoms with Crippen molar-refractivity contribution in [1.82, 2.24) is 9.97 Å². The Hall–Kier alpha value is -1.40. The van der Waals surface area contributed by atoms with E-state index in [-0.39, 0.29) is 0 Å². The maximum atomic E-state index is 5.31. The van der Waals surface area contributed by atoms with E-state index < -0.39 is 0 Å². The number of rotatable bonds is 3. The van der Waals surface area contributed by atoms with Crippen LogP contribution in [-0.2, 0) is 4.74 Å². The van der Waals surface area contributed by atoms with Crippen LogP contribution in [0.4, 0.5) is 11.8 Å². The molecule has 1 aromatic rings. The Morgan fingerprint density at radius 2 is 2.19 bits per heavy atom. The zero-order valence-electron chi connectivity index (χ0n) is 9.36. The van der Waals surface area contributed by atoms with Gasteiger partial charge in [0.1, 0.15) is 5.82 Å². The lowest BCUT2D eigenvalue weighted by atomic mass is 10.1. The van der Waals surface area contributed by atoms with Gasteiger partial charge in [-0.3, -0.25) is 5.43 Å². The number of hydrogen-bond acceptors (Lipinski definition) is 6. The number of anilines is 2. The molecule has 0 aliphatic carbocycles. The lowest BCUT2D eigenvalue weighted by Crippen LogP contribution is -2.28. The SMILES string of the molecule is Cc1cnc(NN)nc1NC1CCOCC1. The minimum absolute atomic E-state index is 0.424. The monoisotopic (exact) mass is 223 g/mol. The molecule has 0 aromatic carbocycles. The van der Waals surface area contributed by atoms with Gasteiger partial charge in [-0.15, -0.1) is 0 Å². The molecule has 1 fully saturated rings. The average Bonchev–Trinajstić information content (AvgIpc) is 2.33. The summed E-state index contributed by atoms with van der Waals surface area (Å²) in [5.74, 6) is 6.55. The molecule has 1 aliphatic heterocycles. The van der Waals surface area contributed by atoms with Crippen molar-refractivity contribution >= 4 is 11.8 Å². The van der Waals surface area contributed by atoms with Gasteiger partial charge in [0.25, 0.3) is 0 Å². The molecule has 2 rings (SSSR count). The van der Waals surface area contributed by atoms with Crippen molar-refractivity contribution in [1.29, 1.82) is 0 Å². The second-order valence-corrected chi connectivity index (χ2v) is 3.90. The van der Waals surface area contributed by atoms with Crippen molar-refractivity contribution in [2.24, 2.45) is 5.84 Å². The van der Waals surface area contributed by atoms with Crippen LogP contribution in [0.3, 0.4) is 0 Å². The summed E-state index contributed by atoms with van der Waals surface area (Å²) in [5, 5.41) is 3.40. The number of aromatic nitrogens is 2. The number of nitrogen functional groups attached to an aromatic ring is 1. The van der Waals surface area contributed by atoms with E-state index in [1.54, 1.807) is 6.20 Å². The Balaban J connectivity index is 2.06. The largest absolute Gasteiger partial charge is 0.381 e. The van der Waals surface area contributed by atoms with Crippen LogP contribution in [0.15, 0.2) is 6.20 Å². The lowest BCUT2D eigenvalue weighted by molar-refractivity contribution is 0.0904. The third-order valence-electron chi connectivity index (χ3n) is 2.66. The highest BCUT2D eigenvalue weighted by Crippen LogP contribution is 2.17. The van der Waals surface area contributed by atoms with Crippen molar-refractivity contribution in [2.45, 2.75) is 25.8 Å². The van der Waals surface area contributed by atoms with Crippen LogP contribution in [0.5, 0.6) is 0 Å². The van der Waals surface area contributed by atoms with E-state index in [4.69, 9.17) is 10.6 Å². The fourth-order valence-corrected chi connectivity index (χ4v) is 1.69. The van der Waals surface area contributed by atoms with E-state index in [1.165, 1.54) is 0 Å². The molecule has 1 aromatic heterocycles. The highest BCUT2D eigenvalue weighted by molar-refractivity contribution is 5.46. The van der Waals surface area contributed by atoms with E-state index in [0.717, 1.165) is 37.4 Å². The Morgan fingerprint density at radius 3 is 2.88 bits per heavy atom. The average molecular weight is 223 g/mol. The first-order valence-corrected chi connectivity index (χ1v) is 5.44. The Morgan fingerprint density at radius 1 is 1.44 bits per heavy atom. The topological polar surface area (TPSA) is 85.1 Å². The van der Waals surface area contributed by atoms with Gasteiger partial charge in [0.15, 0.2) is 0 Å². The summed E-state index contributed by atoms with van der Waals surface area (Å²) in [4.78, 5) is 8.32. The molecule has 6 nitrogen and oxygen atoms in total. The van der Waals surface area contributed by atoms with E-state index in [9.17, 15) is 0 Å². The summed E-state index contributed by atoms with van der Waals surface area (Å²) in [6.45, 7) is 3.59. The molecule has 0 radical (unpaired) electrons. The molecule has 2 heterocycles. The first kappa shape index (κ1) is 11.1. The molecule has 0 amide bonds. The standard InChI is InChI=1S/C10H17N5O/c1-7-6-12-10(15-11)14-9(7)13-8-2-4-16-5-3-8/h6,8H,2-5,11H2,1H3,(H2,12,13,14,15). The molecule has 88 valence electrons. The molecule has 1 aliphatic rings. The third-order valence-corrected chi connectivity index (χ3v) is 2.66. The van der Waals surface area contributed by atoms with Crippen LogP contribution in [0, 0.1) is 6.92 Å². The number of aryl methyl sites for hydroxylation is 1. The van der Waals surface area contributed by atoms with Gasteiger partial charge in [0.05, 0.1) is 0 Å². The minimum Gasteiger partial charge on any atom is -0.381 e. The summed E-state index contributed by atoms with van der Waals surface area (Å²) >= 11 is 0. The quantitative estimate of drug-likeness (QED) is 0.515. The first-order chi connectivity index (χ1) is 7.79. The fourth-order valence-electron chi connectivity index (χ4n) is 1.69. The Bertz CT molecular complexity index is 351. The Labute approximate surface area is 94.6 Å². The van der Waals surface area contributed by atoms with Gasteiger partial charge in [-0.05, 0) is 19.8 Å². The zero-order chi connectivity index (χ0) is 11.4. The van der Waals surface area contributed by atoms with Crippen LogP contribution in [0.25, 0.3) is 0 Å². The van der Waals surface area contributed by atoms with Crippen LogP contribution >= 0.6 is 0 Å². The molecule has 16 heavy (non-hydrogen) atoms. The van der Waals surface area contributed by atoms with E-state index in [0.29, 0.717) is 12.0 Å². The fraction of sp³-hybridized carbons (Fsp3) is 0.600. The van der Waals surface area contributed by atoms with Crippen LogP contribution < -0.4 is 16.6 Å². The molecule has 0 unspecified atom stereocenters. The Kier molecular flexibility index (Phi) is 3.53. The summed E-state index contributed by atoms with van der Waals surface area (Å²) in [7, 11) is 0. The minimum atomic E-state index is 0.424. The number of nitrogens with zero attached hydrogens (tertiary/aromatic N) is 2. The second kappa shape index (κ2) is 5.09. The molecular weight excluding hydrogens is 206 g/mol. The lowest BCUT2D eigenvalue weighted by Gasteiger charge is -2.24. The van der Waals surface area contributed by atoms with E-state index in [2.05, 4.69) is 20.7 Å². The van der Waals surface area contributed by atoms with Crippen molar-refractivity contribution in [3.05, 3.63) is 11.8 Å². The first-order valence-electron chi connectivity index (χ1n) is 5.44. The number of nitrogens with two attached hydrogens (primary N) is 1. The number of hydrazine groups is 1. The maximum absolute atomic E-state index is 5.31. The van der Waals surface area contributed by atoms with Gasteiger partial charge >= 0.3 is 0 Å². The number of ether oxygens (including phenoxy) is 1. The second-order valence-electron chi connectivity index (χ2n) is 3.90. The zero-order valence-corrected chi connectivity index (χ0v) is 9.36. The predicted octanol–water partition coefficient (Wildman–Crippen LogP) is 0.662. The highest BCUT2D eigenvalue weighted by Gasteiger charge is 2.15. The van der Waals surface area contributed by atoms with Crippen molar-refractivity contribution < 1.29 is 4.74 Å². The summed E-state index contributed by atoms with van der Waals surface area (Å²) in [6.07, 6.45) is 3.77. The van der Waals surface area contributed by atoms with Crippen molar-refractivity contribution in [2.75, 3.05) is 24.0 Å². The van der Waals surface area contributed by atoms with Gasteiger partial charge in [0, 0.05) is 31.0 Å². The van der Waals surface area contributed by atoms with Crippen molar-refractivity contribution in [3.8, 4) is 0 Å². The maximum Gasteiger partial charge on any atom is 0.239 e. The summed E-state index contributed by atoms with van der Waals surface area (Å²) in [6, 6.07) is 0.424. The number of hydrogen-bond donors (Lipinski definition) is 3. The van der Waals surface area contributed by atoms with Gasteiger partial charge in [0.2, 0.25) is 5.95 Å². The molecule has 4 N–H and O–H groups in total. The third kappa shape index (κ3) is 2.59. The predicted molar refractivity (Wildman–Crippen MR) is 62.0 cm³/mol. The molecule has 1 saturated heterocycles. The van der Waals surface area contributed by atoms with Gasteiger partial charge < -0.3 is 10.1 Å². The molecule has 6 heteroatoms. The smallest absolute Gasteiger partial charge is 0.239 e. The van der Waals surface area contributed by atoms with Crippen LogP contribution in [-0.4, -0.2) is 29.2 Å². The van der Waals surface area contributed by atoms with Gasteiger partial charge in [-0.2, -0.15) is 4.98 Å². The van der Waals surface area contributed by atoms with E-state index in [1.807, 2.05) is 6.92 Å². The van der Waals surface area contributed by atoms with Gasteiger partial charge in [-0.25, -0.2) is 10.8 Å². The molecular formula is C10H17N5O. The van der Waals surface area contributed by atoms with Gasteiger partial charge in [-0.1, -0.05) is 0 Å². The van der Waals surface area contributed by atoms with Crippen LogP contribution in [0.2, 0.25) is 0 Å². The normalized spacial score (nSPS) is 17.1. The van der Waals surface area contributed by atoms with E-state index >= 15 is 0 Å². The van der Waals surface area contributed by atoms with Crippen molar-refractivity contribution in [3.63, 3.8) is 0 Å². The van der Waals surface area contributed by atoms with Crippen LogP contribution in [0.1, 0.15) is 18.4 Å². The molecule has 0 spiro atoms. The summed E-state index contributed by atoms with van der Waals surface area (Å²) < 4.78 is 5.31. The molecule has 0 bridgehead atoms. The highest BCUT2D eigenvalue weighted by atomic mass is 16.5. The molecule has 0 saturated carbocycles. The number of nitrogens with one attached hydrogen (secondary N) is 2. The molecule has 0 atom stereocenters.